The molecule has 0 saturated heterocycles. The number of pyridine rings is 1. The fraction of sp³-hybridized carbons (Fsp3) is 0.200. The molecular formula is C15H13N3O. The molecule has 1 aliphatic heterocycles. The van der Waals surface area contributed by atoms with Crippen molar-refractivity contribution in [2.45, 2.75) is 12.6 Å². The van der Waals surface area contributed by atoms with Gasteiger partial charge in [-0.05, 0) is 12.1 Å². The van der Waals surface area contributed by atoms with Gasteiger partial charge in [0.2, 0.25) is 0 Å². The largest absolute Gasteiger partial charge is 0.491 e. The molecule has 0 amide bonds. The van der Waals surface area contributed by atoms with Gasteiger partial charge in [0.05, 0.1) is 6.04 Å². The zero-order valence-corrected chi connectivity index (χ0v) is 10.3. The van der Waals surface area contributed by atoms with Crippen LogP contribution >= 0.6 is 0 Å². The quantitative estimate of drug-likeness (QED) is 0.908. The van der Waals surface area contributed by atoms with Crippen molar-refractivity contribution in [3.05, 3.63) is 59.4 Å². The van der Waals surface area contributed by atoms with E-state index in [-0.39, 0.29) is 6.04 Å². The van der Waals surface area contributed by atoms with Crippen LogP contribution in [0.5, 0.6) is 5.75 Å². The van der Waals surface area contributed by atoms with Crippen molar-refractivity contribution >= 4 is 0 Å². The second-order valence-electron chi connectivity index (χ2n) is 4.41. The van der Waals surface area contributed by atoms with E-state index in [9.17, 15) is 0 Å². The van der Waals surface area contributed by atoms with E-state index < -0.39 is 0 Å². The van der Waals surface area contributed by atoms with E-state index in [0.717, 1.165) is 11.3 Å². The van der Waals surface area contributed by atoms with Crippen LogP contribution in [-0.2, 0) is 6.54 Å². The Labute approximate surface area is 111 Å². The number of nitriles is 1. The summed E-state index contributed by atoms with van der Waals surface area (Å²) in [4.78, 5) is 4.05. The van der Waals surface area contributed by atoms with Crippen LogP contribution in [-0.4, -0.2) is 11.6 Å². The summed E-state index contributed by atoms with van der Waals surface area (Å²) in [6, 6.07) is 14.1. The number of ether oxygens (including phenoxy) is 1. The smallest absolute Gasteiger partial charge is 0.144 e. The highest BCUT2D eigenvalue weighted by Crippen LogP contribution is 2.31. The molecule has 2 aromatic rings. The number of para-hydroxylation sites is 1. The predicted molar refractivity (Wildman–Crippen MR) is 70.5 cm³/mol. The maximum absolute atomic E-state index is 9.00. The molecule has 0 radical (unpaired) electrons. The van der Waals surface area contributed by atoms with Gasteiger partial charge >= 0.3 is 0 Å². The summed E-state index contributed by atoms with van der Waals surface area (Å²) < 4.78 is 5.61. The lowest BCUT2D eigenvalue weighted by atomic mass is 10.1. The standard InChI is InChI=1S/C15H13N3O/c16-8-13-11(4-3-7-17-13)9-18-14-10-19-15-6-2-1-5-12(14)15/h1-7,14,18H,9-10H2. The molecule has 1 unspecified atom stereocenters. The van der Waals surface area contributed by atoms with Crippen LogP contribution in [0.1, 0.15) is 22.9 Å². The number of aromatic nitrogens is 1. The summed E-state index contributed by atoms with van der Waals surface area (Å²) >= 11 is 0. The van der Waals surface area contributed by atoms with Gasteiger partial charge < -0.3 is 10.1 Å². The number of hydrogen-bond acceptors (Lipinski definition) is 4. The van der Waals surface area contributed by atoms with Crippen molar-refractivity contribution < 1.29 is 4.74 Å². The predicted octanol–water partition coefficient (Wildman–Crippen LogP) is 2.18. The summed E-state index contributed by atoms with van der Waals surface area (Å²) in [5.74, 6) is 0.937. The van der Waals surface area contributed by atoms with Crippen LogP contribution in [0.3, 0.4) is 0 Å². The van der Waals surface area contributed by atoms with E-state index >= 15 is 0 Å². The molecule has 4 heteroatoms. The second-order valence-corrected chi connectivity index (χ2v) is 4.41. The van der Waals surface area contributed by atoms with Crippen LogP contribution in [0.4, 0.5) is 0 Å². The van der Waals surface area contributed by atoms with Gasteiger partial charge in [0, 0.05) is 23.9 Å². The third kappa shape index (κ3) is 2.28. The zero-order chi connectivity index (χ0) is 13.1. The number of fused-ring (bicyclic) bond motifs is 1. The van der Waals surface area contributed by atoms with Crippen molar-refractivity contribution in [1.29, 1.82) is 5.26 Å². The number of hydrogen-bond donors (Lipinski definition) is 1. The summed E-state index contributed by atoms with van der Waals surface area (Å²) in [6.07, 6.45) is 1.63. The van der Waals surface area contributed by atoms with Gasteiger partial charge in [0.25, 0.3) is 0 Å². The topological polar surface area (TPSA) is 57.9 Å². The molecule has 1 atom stereocenters. The van der Waals surface area contributed by atoms with Crippen molar-refractivity contribution in [1.82, 2.24) is 10.3 Å². The minimum Gasteiger partial charge on any atom is -0.491 e. The molecule has 1 aromatic carbocycles. The third-order valence-electron chi connectivity index (χ3n) is 3.24. The van der Waals surface area contributed by atoms with E-state index in [4.69, 9.17) is 10.00 Å². The Bertz CT molecular complexity index is 633. The summed E-state index contributed by atoms with van der Waals surface area (Å²) in [6.45, 7) is 1.24. The first kappa shape index (κ1) is 11.7. The van der Waals surface area contributed by atoms with Crippen LogP contribution in [0.2, 0.25) is 0 Å². The lowest BCUT2D eigenvalue weighted by Gasteiger charge is -2.11. The molecule has 1 aromatic heterocycles. The van der Waals surface area contributed by atoms with Crippen molar-refractivity contribution in [2.24, 2.45) is 0 Å². The Morgan fingerprint density at radius 1 is 1.32 bits per heavy atom. The fourth-order valence-electron chi connectivity index (χ4n) is 2.25. The maximum Gasteiger partial charge on any atom is 0.144 e. The van der Waals surface area contributed by atoms with E-state index in [1.165, 1.54) is 5.56 Å². The molecule has 4 nitrogen and oxygen atoms in total. The van der Waals surface area contributed by atoms with E-state index in [1.807, 2.05) is 30.3 Å². The van der Waals surface area contributed by atoms with Crippen molar-refractivity contribution in [3.63, 3.8) is 0 Å². The van der Waals surface area contributed by atoms with Crippen molar-refractivity contribution in [2.75, 3.05) is 6.61 Å². The molecule has 2 heterocycles. The minimum atomic E-state index is 0.169. The molecule has 0 aliphatic carbocycles. The van der Waals surface area contributed by atoms with Crippen LogP contribution in [0.15, 0.2) is 42.6 Å². The lowest BCUT2D eigenvalue weighted by molar-refractivity contribution is 0.310. The highest BCUT2D eigenvalue weighted by Gasteiger charge is 2.23. The first-order chi connectivity index (χ1) is 9.38. The summed E-state index contributed by atoms with van der Waals surface area (Å²) in [5, 5.41) is 12.4. The van der Waals surface area contributed by atoms with Crippen LogP contribution in [0, 0.1) is 11.3 Å². The number of benzene rings is 1. The third-order valence-corrected chi connectivity index (χ3v) is 3.24. The van der Waals surface area contributed by atoms with Gasteiger partial charge in [-0.3, -0.25) is 0 Å². The van der Waals surface area contributed by atoms with Gasteiger partial charge in [0.15, 0.2) is 0 Å². The van der Waals surface area contributed by atoms with E-state index in [0.29, 0.717) is 18.8 Å². The number of nitrogens with zero attached hydrogens (tertiary/aromatic N) is 2. The fourth-order valence-corrected chi connectivity index (χ4v) is 2.25. The Morgan fingerprint density at radius 2 is 2.21 bits per heavy atom. The molecule has 0 bridgehead atoms. The van der Waals surface area contributed by atoms with Gasteiger partial charge in [-0.1, -0.05) is 24.3 Å². The Balaban J connectivity index is 1.73. The maximum atomic E-state index is 9.00. The normalized spacial score (nSPS) is 16.5. The Morgan fingerprint density at radius 3 is 3.11 bits per heavy atom. The SMILES string of the molecule is N#Cc1ncccc1CNC1COc2ccccc21. The highest BCUT2D eigenvalue weighted by molar-refractivity contribution is 5.39. The van der Waals surface area contributed by atoms with Gasteiger partial charge in [-0.2, -0.15) is 5.26 Å². The average Bonchev–Trinajstić information content (AvgIpc) is 2.89. The van der Waals surface area contributed by atoms with Crippen molar-refractivity contribution in [3.8, 4) is 11.8 Å². The zero-order valence-electron chi connectivity index (χ0n) is 10.3. The molecule has 3 rings (SSSR count). The molecule has 0 fully saturated rings. The molecule has 0 spiro atoms. The number of nitrogens with one attached hydrogen (secondary N) is 1. The first-order valence-electron chi connectivity index (χ1n) is 6.17. The molecule has 1 aliphatic rings. The Hall–Kier alpha value is -2.38. The molecule has 94 valence electrons. The lowest BCUT2D eigenvalue weighted by Crippen LogP contribution is -2.22. The van der Waals surface area contributed by atoms with Gasteiger partial charge in [0.1, 0.15) is 24.1 Å². The number of rotatable bonds is 3. The Kier molecular flexibility index (Phi) is 3.13. The van der Waals surface area contributed by atoms with E-state index in [1.54, 1.807) is 6.20 Å². The molecule has 19 heavy (non-hydrogen) atoms. The summed E-state index contributed by atoms with van der Waals surface area (Å²) in [5.41, 5.74) is 2.56. The molecule has 1 N–H and O–H groups in total. The second kappa shape index (κ2) is 5.09. The highest BCUT2D eigenvalue weighted by atomic mass is 16.5. The van der Waals surface area contributed by atoms with Crippen LogP contribution in [0.25, 0.3) is 0 Å². The summed E-state index contributed by atoms with van der Waals surface area (Å²) in [7, 11) is 0. The monoisotopic (exact) mass is 251 g/mol. The van der Waals surface area contributed by atoms with Gasteiger partial charge in [-0.25, -0.2) is 4.98 Å². The van der Waals surface area contributed by atoms with E-state index in [2.05, 4.69) is 22.4 Å². The van der Waals surface area contributed by atoms with Crippen LogP contribution < -0.4 is 10.1 Å². The first-order valence-corrected chi connectivity index (χ1v) is 6.17. The average molecular weight is 251 g/mol. The minimum absolute atomic E-state index is 0.169. The molecule has 0 saturated carbocycles. The van der Waals surface area contributed by atoms with Gasteiger partial charge in [-0.15, -0.1) is 0 Å². The molecular weight excluding hydrogens is 238 g/mol.